The molecule has 1 aromatic carbocycles. The summed E-state index contributed by atoms with van der Waals surface area (Å²) in [5, 5.41) is 2.08. The van der Waals surface area contributed by atoms with Crippen LogP contribution < -0.4 is 11.3 Å². The molecule has 1 aromatic heterocycles. The Hall–Kier alpha value is -0.200. The van der Waals surface area contributed by atoms with Crippen molar-refractivity contribution in [3.63, 3.8) is 0 Å². The van der Waals surface area contributed by atoms with Crippen LogP contribution in [-0.4, -0.2) is 0 Å². The number of nitrogens with two attached hydrogens (primary N) is 1. The molecule has 0 aliphatic heterocycles. The maximum absolute atomic E-state index is 5.68. The third-order valence-electron chi connectivity index (χ3n) is 2.88. The number of benzene rings is 1. The Morgan fingerprint density at radius 2 is 2.06 bits per heavy atom. The predicted molar refractivity (Wildman–Crippen MR) is 84.7 cm³/mol. The van der Waals surface area contributed by atoms with Gasteiger partial charge >= 0.3 is 0 Å². The standard InChI is InChI=1S/C13H14Br2N2S/c1-8-2-3-9(6-11(8)15)12(17-16)7-13-10(14)4-5-18-13/h2-6,12,17H,7,16H2,1H3. The second-order valence-electron chi connectivity index (χ2n) is 4.12. The van der Waals surface area contributed by atoms with Gasteiger partial charge in [-0.05, 0) is 51.5 Å². The molecule has 2 rings (SSSR count). The van der Waals surface area contributed by atoms with Gasteiger partial charge in [0, 0.05) is 20.2 Å². The Morgan fingerprint density at radius 3 is 2.61 bits per heavy atom. The summed E-state index contributed by atoms with van der Waals surface area (Å²) >= 11 is 8.86. The van der Waals surface area contributed by atoms with E-state index in [0.717, 1.165) is 15.4 Å². The zero-order chi connectivity index (χ0) is 13.1. The van der Waals surface area contributed by atoms with Gasteiger partial charge in [0.25, 0.3) is 0 Å². The fraction of sp³-hybridized carbons (Fsp3) is 0.231. The molecule has 1 atom stereocenters. The first-order valence-electron chi connectivity index (χ1n) is 5.56. The van der Waals surface area contributed by atoms with Crippen LogP contribution in [0.25, 0.3) is 0 Å². The van der Waals surface area contributed by atoms with Crippen LogP contribution in [0.5, 0.6) is 0 Å². The van der Waals surface area contributed by atoms with E-state index in [2.05, 4.69) is 73.9 Å². The molecular formula is C13H14Br2N2S. The Balaban J connectivity index is 2.23. The molecule has 0 saturated heterocycles. The van der Waals surface area contributed by atoms with E-state index in [0.29, 0.717) is 0 Å². The first-order valence-corrected chi connectivity index (χ1v) is 8.02. The lowest BCUT2D eigenvalue weighted by molar-refractivity contribution is 0.554. The Kier molecular flexibility index (Phi) is 4.98. The summed E-state index contributed by atoms with van der Waals surface area (Å²) in [5.74, 6) is 5.68. The molecule has 0 saturated carbocycles. The van der Waals surface area contributed by atoms with Crippen LogP contribution >= 0.6 is 43.2 Å². The molecule has 1 heterocycles. The highest BCUT2D eigenvalue weighted by molar-refractivity contribution is 9.10. The van der Waals surface area contributed by atoms with Crippen molar-refractivity contribution < 1.29 is 0 Å². The molecule has 0 spiro atoms. The minimum atomic E-state index is 0.122. The number of halogens is 2. The topological polar surface area (TPSA) is 38.0 Å². The molecule has 0 bridgehead atoms. The lowest BCUT2D eigenvalue weighted by Crippen LogP contribution is -2.29. The van der Waals surface area contributed by atoms with Gasteiger partial charge in [0.1, 0.15) is 0 Å². The van der Waals surface area contributed by atoms with E-state index in [1.54, 1.807) is 11.3 Å². The van der Waals surface area contributed by atoms with Crippen molar-refractivity contribution in [3.8, 4) is 0 Å². The van der Waals surface area contributed by atoms with Crippen molar-refractivity contribution in [2.24, 2.45) is 5.84 Å². The summed E-state index contributed by atoms with van der Waals surface area (Å²) in [6.07, 6.45) is 0.879. The molecule has 5 heteroatoms. The molecule has 96 valence electrons. The largest absolute Gasteiger partial charge is 0.271 e. The van der Waals surface area contributed by atoms with E-state index in [1.807, 2.05) is 0 Å². The van der Waals surface area contributed by atoms with E-state index >= 15 is 0 Å². The number of rotatable bonds is 4. The van der Waals surface area contributed by atoms with Crippen molar-refractivity contribution in [2.45, 2.75) is 19.4 Å². The third kappa shape index (κ3) is 3.22. The average molecular weight is 390 g/mol. The number of thiophene rings is 1. The van der Waals surface area contributed by atoms with Gasteiger partial charge in [-0.3, -0.25) is 11.3 Å². The van der Waals surface area contributed by atoms with Crippen LogP contribution in [0, 0.1) is 6.92 Å². The summed E-state index contributed by atoms with van der Waals surface area (Å²) in [6.45, 7) is 2.08. The normalized spacial score (nSPS) is 12.7. The highest BCUT2D eigenvalue weighted by Gasteiger charge is 2.14. The van der Waals surface area contributed by atoms with Gasteiger partial charge in [0.2, 0.25) is 0 Å². The first kappa shape index (κ1) is 14.2. The van der Waals surface area contributed by atoms with Gasteiger partial charge in [0.15, 0.2) is 0 Å². The smallest absolute Gasteiger partial charge is 0.0508 e. The van der Waals surface area contributed by atoms with Crippen LogP contribution in [-0.2, 0) is 6.42 Å². The van der Waals surface area contributed by atoms with Crippen molar-refractivity contribution >= 4 is 43.2 Å². The van der Waals surface area contributed by atoms with Gasteiger partial charge in [0.05, 0.1) is 6.04 Å². The average Bonchev–Trinajstić information content (AvgIpc) is 2.75. The van der Waals surface area contributed by atoms with E-state index in [-0.39, 0.29) is 6.04 Å². The molecule has 0 amide bonds. The van der Waals surface area contributed by atoms with Gasteiger partial charge in [-0.1, -0.05) is 28.1 Å². The molecule has 1 unspecified atom stereocenters. The zero-order valence-electron chi connectivity index (χ0n) is 9.91. The SMILES string of the molecule is Cc1ccc(C(Cc2sccc2Br)NN)cc1Br. The summed E-state index contributed by atoms with van der Waals surface area (Å²) in [4.78, 5) is 1.30. The summed E-state index contributed by atoms with van der Waals surface area (Å²) < 4.78 is 2.27. The lowest BCUT2D eigenvalue weighted by atomic mass is 10.0. The second kappa shape index (κ2) is 6.30. The quantitative estimate of drug-likeness (QED) is 0.603. The number of hydrogen-bond donors (Lipinski definition) is 2. The Morgan fingerprint density at radius 1 is 1.28 bits per heavy atom. The van der Waals surface area contributed by atoms with Crippen LogP contribution in [0.1, 0.15) is 22.0 Å². The fourth-order valence-corrected chi connectivity index (χ4v) is 3.71. The van der Waals surface area contributed by atoms with Gasteiger partial charge < -0.3 is 0 Å². The van der Waals surface area contributed by atoms with E-state index in [9.17, 15) is 0 Å². The molecule has 0 aliphatic carbocycles. The third-order valence-corrected chi connectivity index (χ3v) is 5.68. The molecule has 0 aliphatic rings. The zero-order valence-corrected chi connectivity index (χ0v) is 13.9. The van der Waals surface area contributed by atoms with Crippen molar-refractivity contribution in [1.29, 1.82) is 0 Å². The Labute approximate surface area is 128 Å². The van der Waals surface area contributed by atoms with E-state index < -0.39 is 0 Å². The summed E-state index contributed by atoms with van der Waals surface area (Å²) in [6, 6.07) is 8.54. The lowest BCUT2D eigenvalue weighted by Gasteiger charge is -2.16. The fourth-order valence-electron chi connectivity index (χ4n) is 1.75. The predicted octanol–water partition coefficient (Wildman–Crippen LogP) is 4.33. The summed E-state index contributed by atoms with van der Waals surface area (Å²) in [7, 11) is 0. The van der Waals surface area contributed by atoms with Crippen molar-refractivity contribution in [3.05, 3.63) is 54.6 Å². The minimum absolute atomic E-state index is 0.122. The highest BCUT2D eigenvalue weighted by atomic mass is 79.9. The van der Waals surface area contributed by atoms with Crippen LogP contribution in [0.3, 0.4) is 0 Å². The van der Waals surface area contributed by atoms with Gasteiger partial charge in [-0.2, -0.15) is 0 Å². The van der Waals surface area contributed by atoms with Crippen LogP contribution in [0.2, 0.25) is 0 Å². The number of hydrogen-bond acceptors (Lipinski definition) is 3. The van der Waals surface area contributed by atoms with E-state index in [1.165, 1.54) is 16.0 Å². The van der Waals surface area contributed by atoms with Gasteiger partial charge in [-0.15, -0.1) is 11.3 Å². The number of hydrazine groups is 1. The monoisotopic (exact) mass is 388 g/mol. The minimum Gasteiger partial charge on any atom is -0.271 e. The second-order valence-corrected chi connectivity index (χ2v) is 6.83. The first-order chi connectivity index (χ1) is 8.61. The highest BCUT2D eigenvalue weighted by Crippen LogP contribution is 2.29. The van der Waals surface area contributed by atoms with Crippen molar-refractivity contribution in [1.82, 2.24) is 5.43 Å². The van der Waals surface area contributed by atoms with E-state index in [4.69, 9.17) is 5.84 Å². The molecule has 0 fully saturated rings. The molecule has 18 heavy (non-hydrogen) atoms. The number of nitrogens with one attached hydrogen (secondary N) is 1. The molecule has 2 nitrogen and oxygen atoms in total. The van der Waals surface area contributed by atoms with Crippen molar-refractivity contribution in [2.75, 3.05) is 0 Å². The molecule has 2 aromatic rings. The maximum atomic E-state index is 5.68. The van der Waals surface area contributed by atoms with Crippen LogP contribution in [0.4, 0.5) is 0 Å². The number of aryl methyl sites for hydroxylation is 1. The van der Waals surface area contributed by atoms with Crippen LogP contribution in [0.15, 0.2) is 38.6 Å². The molecular weight excluding hydrogens is 376 g/mol. The maximum Gasteiger partial charge on any atom is 0.0508 e. The summed E-state index contributed by atoms with van der Waals surface area (Å²) in [5.41, 5.74) is 5.31. The molecule has 3 N–H and O–H groups in total. The molecule has 0 radical (unpaired) electrons. The Bertz CT molecular complexity index is 540. The van der Waals surface area contributed by atoms with Gasteiger partial charge in [-0.25, -0.2) is 0 Å².